The molecule has 0 aliphatic rings. The molecule has 0 amide bonds. The van der Waals surface area contributed by atoms with Crippen LogP contribution in [0.25, 0.3) is 6.20 Å². The summed E-state index contributed by atoms with van der Waals surface area (Å²) in [7, 11) is 1.60. The SMILES string of the molecule is C=Cn1nc(OC)cc1SC. The normalized spacial score (nSPS) is 9.64. The number of aromatic nitrogens is 2. The molecule has 1 aromatic rings. The van der Waals surface area contributed by atoms with Crippen LogP contribution in [0.2, 0.25) is 0 Å². The van der Waals surface area contributed by atoms with Crippen LogP contribution in [-0.4, -0.2) is 23.1 Å². The Morgan fingerprint density at radius 1 is 1.82 bits per heavy atom. The van der Waals surface area contributed by atoms with Gasteiger partial charge in [0.15, 0.2) is 0 Å². The molecule has 0 saturated heterocycles. The number of hydrogen-bond donors (Lipinski definition) is 0. The van der Waals surface area contributed by atoms with Crippen molar-refractivity contribution in [1.82, 2.24) is 9.78 Å². The van der Waals surface area contributed by atoms with Crippen LogP contribution in [0, 0.1) is 0 Å². The minimum atomic E-state index is 0.620. The van der Waals surface area contributed by atoms with E-state index in [0.717, 1.165) is 5.03 Å². The van der Waals surface area contributed by atoms with Crippen molar-refractivity contribution in [3.05, 3.63) is 12.6 Å². The van der Waals surface area contributed by atoms with E-state index in [1.165, 1.54) is 0 Å². The summed E-state index contributed by atoms with van der Waals surface area (Å²) in [6, 6.07) is 1.87. The minimum Gasteiger partial charge on any atom is -0.480 e. The average molecular weight is 170 g/mol. The van der Waals surface area contributed by atoms with E-state index in [-0.39, 0.29) is 0 Å². The number of nitrogens with zero attached hydrogens (tertiary/aromatic N) is 2. The summed E-state index contributed by atoms with van der Waals surface area (Å²) >= 11 is 1.61. The molecule has 0 atom stereocenters. The highest BCUT2D eigenvalue weighted by atomic mass is 32.2. The van der Waals surface area contributed by atoms with Crippen molar-refractivity contribution >= 4 is 18.0 Å². The molecule has 0 saturated carbocycles. The fourth-order valence-electron chi connectivity index (χ4n) is 0.739. The molecule has 0 bridgehead atoms. The van der Waals surface area contributed by atoms with Crippen molar-refractivity contribution in [2.75, 3.05) is 13.4 Å². The van der Waals surface area contributed by atoms with Gasteiger partial charge in [0.1, 0.15) is 5.03 Å². The van der Waals surface area contributed by atoms with E-state index in [2.05, 4.69) is 11.7 Å². The maximum Gasteiger partial charge on any atom is 0.234 e. The van der Waals surface area contributed by atoms with Crippen LogP contribution in [0.3, 0.4) is 0 Å². The van der Waals surface area contributed by atoms with Gasteiger partial charge in [-0.15, -0.1) is 16.9 Å². The third-order valence-electron chi connectivity index (χ3n) is 1.27. The van der Waals surface area contributed by atoms with Gasteiger partial charge in [-0.3, -0.25) is 0 Å². The first-order chi connectivity index (χ1) is 5.31. The first kappa shape index (κ1) is 8.20. The van der Waals surface area contributed by atoms with Crippen LogP contribution in [0.5, 0.6) is 5.88 Å². The second-order valence-corrected chi connectivity index (χ2v) is 2.68. The Labute approximate surface area is 70.0 Å². The summed E-state index contributed by atoms with van der Waals surface area (Å²) in [6.45, 7) is 3.62. The zero-order chi connectivity index (χ0) is 8.27. The molecular weight excluding hydrogens is 160 g/mol. The maximum atomic E-state index is 4.95. The van der Waals surface area contributed by atoms with Crippen LogP contribution in [0.4, 0.5) is 0 Å². The predicted octanol–water partition coefficient (Wildman–Crippen LogP) is 1.71. The quantitative estimate of drug-likeness (QED) is 0.646. The molecule has 1 aromatic heterocycles. The number of rotatable bonds is 3. The predicted molar refractivity (Wildman–Crippen MR) is 46.9 cm³/mol. The summed E-state index contributed by atoms with van der Waals surface area (Å²) in [5.74, 6) is 0.620. The van der Waals surface area contributed by atoms with Gasteiger partial charge < -0.3 is 4.74 Å². The minimum absolute atomic E-state index is 0.620. The zero-order valence-electron chi connectivity index (χ0n) is 6.57. The second kappa shape index (κ2) is 3.48. The smallest absolute Gasteiger partial charge is 0.234 e. The fraction of sp³-hybridized carbons (Fsp3) is 0.286. The number of thioether (sulfide) groups is 1. The molecular formula is C7H10N2OS. The lowest BCUT2D eigenvalue weighted by Gasteiger charge is -1.93. The first-order valence-electron chi connectivity index (χ1n) is 3.12. The van der Waals surface area contributed by atoms with E-state index in [9.17, 15) is 0 Å². The zero-order valence-corrected chi connectivity index (χ0v) is 7.39. The number of methoxy groups -OCH3 is 1. The van der Waals surface area contributed by atoms with E-state index in [0.29, 0.717) is 5.88 Å². The third-order valence-corrected chi connectivity index (χ3v) is 1.99. The van der Waals surface area contributed by atoms with Crippen LogP contribution in [-0.2, 0) is 0 Å². The Balaban J connectivity index is 3.01. The Morgan fingerprint density at radius 2 is 2.55 bits per heavy atom. The van der Waals surface area contributed by atoms with Gasteiger partial charge in [-0.25, -0.2) is 4.68 Å². The molecule has 0 aliphatic carbocycles. The second-order valence-electron chi connectivity index (χ2n) is 1.86. The monoisotopic (exact) mass is 170 g/mol. The maximum absolute atomic E-state index is 4.95. The van der Waals surface area contributed by atoms with Crippen LogP contribution >= 0.6 is 11.8 Å². The highest BCUT2D eigenvalue weighted by Gasteiger charge is 2.02. The lowest BCUT2D eigenvalue weighted by Crippen LogP contribution is -1.90. The Kier molecular flexibility index (Phi) is 2.59. The van der Waals surface area contributed by atoms with Crippen molar-refractivity contribution in [1.29, 1.82) is 0 Å². The molecule has 1 rings (SSSR count). The summed E-state index contributed by atoms with van der Waals surface area (Å²) in [5.41, 5.74) is 0. The van der Waals surface area contributed by atoms with Gasteiger partial charge in [0.2, 0.25) is 5.88 Å². The molecule has 0 N–H and O–H groups in total. The molecule has 0 fully saturated rings. The van der Waals surface area contributed by atoms with Crippen molar-refractivity contribution < 1.29 is 4.74 Å². The number of ether oxygens (including phenoxy) is 1. The van der Waals surface area contributed by atoms with E-state index in [1.54, 1.807) is 29.8 Å². The Morgan fingerprint density at radius 3 is 2.91 bits per heavy atom. The molecule has 0 spiro atoms. The highest BCUT2D eigenvalue weighted by Crippen LogP contribution is 2.20. The average Bonchev–Trinajstić information content (AvgIpc) is 2.46. The molecule has 0 unspecified atom stereocenters. The standard InChI is InChI=1S/C7H10N2OS/c1-4-9-7(11-3)5-6(8-9)10-2/h4-5H,1H2,2-3H3. The van der Waals surface area contributed by atoms with Crippen LogP contribution in [0.1, 0.15) is 0 Å². The molecule has 60 valence electrons. The van der Waals surface area contributed by atoms with E-state index >= 15 is 0 Å². The Bertz CT molecular complexity index is 257. The Hall–Kier alpha value is -0.900. The molecule has 0 radical (unpaired) electrons. The first-order valence-corrected chi connectivity index (χ1v) is 4.34. The van der Waals surface area contributed by atoms with Gasteiger partial charge in [0, 0.05) is 12.3 Å². The van der Waals surface area contributed by atoms with Gasteiger partial charge in [-0.05, 0) is 6.26 Å². The van der Waals surface area contributed by atoms with Gasteiger partial charge >= 0.3 is 0 Å². The summed E-state index contributed by atoms with van der Waals surface area (Å²) in [4.78, 5) is 0. The van der Waals surface area contributed by atoms with Crippen molar-refractivity contribution in [2.45, 2.75) is 5.03 Å². The topological polar surface area (TPSA) is 27.1 Å². The van der Waals surface area contributed by atoms with Crippen molar-refractivity contribution in [3.8, 4) is 5.88 Å². The molecule has 11 heavy (non-hydrogen) atoms. The van der Waals surface area contributed by atoms with Gasteiger partial charge in [-0.1, -0.05) is 6.58 Å². The third kappa shape index (κ3) is 1.57. The van der Waals surface area contributed by atoms with E-state index in [4.69, 9.17) is 4.74 Å². The van der Waals surface area contributed by atoms with Gasteiger partial charge in [-0.2, -0.15) is 0 Å². The van der Waals surface area contributed by atoms with E-state index < -0.39 is 0 Å². The van der Waals surface area contributed by atoms with Gasteiger partial charge in [0.05, 0.1) is 7.11 Å². The summed E-state index contributed by atoms with van der Waals surface area (Å²) < 4.78 is 6.63. The number of hydrogen-bond acceptors (Lipinski definition) is 3. The molecule has 3 nitrogen and oxygen atoms in total. The van der Waals surface area contributed by atoms with Crippen LogP contribution in [0.15, 0.2) is 17.7 Å². The summed E-state index contributed by atoms with van der Waals surface area (Å²) in [5, 5.41) is 5.10. The molecule has 0 aliphatic heterocycles. The van der Waals surface area contributed by atoms with Crippen molar-refractivity contribution in [3.63, 3.8) is 0 Å². The van der Waals surface area contributed by atoms with Crippen molar-refractivity contribution in [2.24, 2.45) is 0 Å². The lowest BCUT2D eigenvalue weighted by atomic mass is 10.7. The fourth-order valence-corrected chi connectivity index (χ4v) is 1.26. The molecule has 1 heterocycles. The molecule has 4 heteroatoms. The largest absolute Gasteiger partial charge is 0.480 e. The molecule has 0 aromatic carbocycles. The highest BCUT2D eigenvalue weighted by molar-refractivity contribution is 7.98. The summed E-state index contributed by atoms with van der Waals surface area (Å²) in [6.07, 6.45) is 3.63. The lowest BCUT2D eigenvalue weighted by molar-refractivity contribution is 0.395. The van der Waals surface area contributed by atoms with Gasteiger partial charge in [0.25, 0.3) is 0 Å². The van der Waals surface area contributed by atoms with E-state index in [1.807, 2.05) is 12.3 Å². The van der Waals surface area contributed by atoms with Crippen LogP contribution < -0.4 is 4.74 Å².